The molecule has 0 radical (unpaired) electrons. The van der Waals surface area contributed by atoms with Crippen LogP contribution in [0.25, 0.3) is 11.8 Å². The predicted molar refractivity (Wildman–Crippen MR) is 158 cm³/mol. The zero-order valence-corrected chi connectivity index (χ0v) is 23.7. The predicted octanol–water partition coefficient (Wildman–Crippen LogP) is 7.32. The molecule has 1 aromatic heterocycles. The Hall–Kier alpha value is -4.43. The van der Waals surface area contributed by atoms with Crippen LogP contribution in [-0.4, -0.2) is 40.9 Å². The van der Waals surface area contributed by atoms with E-state index in [9.17, 15) is 9.59 Å². The molecule has 1 aliphatic rings. The molecule has 0 unspecified atom stereocenters. The van der Waals surface area contributed by atoms with Gasteiger partial charge in [-0.2, -0.15) is 0 Å². The molecule has 5 rings (SSSR count). The lowest BCUT2D eigenvalue weighted by molar-refractivity contribution is -0.123. The molecule has 2 amide bonds. The molecule has 1 aliphatic heterocycles. The van der Waals surface area contributed by atoms with Crippen molar-refractivity contribution in [3.8, 4) is 28.7 Å². The number of nitrogens with zero attached hydrogens (tertiary/aromatic N) is 2. The van der Waals surface area contributed by atoms with Crippen LogP contribution in [0.15, 0.2) is 83.8 Å². The third-order valence-corrected chi connectivity index (χ3v) is 7.53. The first kappa shape index (κ1) is 27.1. The molecule has 3 aromatic carbocycles. The first-order chi connectivity index (χ1) is 19.3. The van der Waals surface area contributed by atoms with Gasteiger partial charge in [-0.05, 0) is 111 Å². The number of amides is 2. The van der Waals surface area contributed by atoms with Crippen molar-refractivity contribution in [2.45, 2.75) is 20.8 Å². The Morgan fingerprint density at radius 3 is 2.05 bits per heavy atom. The molecule has 1 fully saturated rings. The van der Waals surface area contributed by atoms with Gasteiger partial charge in [-0.15, -0.1) is 0 Å². The number of aryl methyl sites for hydroxylation is 2. The summed E-state index contributed by atoms with van der Waals surface area (Å²) in [6.45, 7) is 6.45. The molecule has 1 saturated heterocycles. The number of methoxy groups -OCH3 is 1. The minimum atomic E-state index is -0.299. The van der Waals surface area contributed by atoms with Gasteiger partial charge in [0.25, 0.3) is 11.1 Å². The van der Waals surface area contributed by atoms with Crippen LogP contribution in [0.4, 0.5) is 4.79 Å². The Morgan fingerprint density at radius 1 is 0.800 bits per heavy atom. The van der Waals surface area contributed by atoms with Gasteiger partial charge in [0.2, 0.25) is 0 Å². The molecule has 0 atom stereocenters. The third-order valence-electron chi connectivity index (χ3n) is 6.63. The summed E-state index contributed by atoms with van der Waals surface area (Å²) in [6, 6.07) is 24.9. The first-order valence-corrected chi connectivity index (χ1v) is 13.7. The average Bonchev–Trinajstić information content (AvgIpc) is 3.39. The van der Waals surface area contributed by atoms with Crippen molar-refractivity contribution in [2.75, 3.05) is 20.3 Å². The Kier molecular flexibility index (Phi) is 7.98. The molecule has 0 spiro atoms. The van der Waals surface area contributed by atoms with Gasteiger partial charge in [-0.1, -0.05) is 17.7 Å². The van der Waals surface area contributed by atoms with Gasteiger partial charge in [-0.25, -0.2) is 0 Å². The minimum absolute atomic E-state index is 0.194. The van der Waals surface area contributed by atoms with Gasteiger partial charge in [0, 0.05) is 17.1 Å². The molecule has 0 saturated carbocycles. The zero-order valence-electron chi connectivity index (χ0n) is 22.8. The number of aromatic nitrogens is 1. The number of rotatable bonds is 9. The highest BCUT2D eigenvalue weighted by atomic mass is 32.2. The summed E-state index contributed by atoms with van der Waals surface area (Å²) in [4.78, 5) is 27.3. The number of hydrogen-bond donors (Lipinski definition) is 0. The summed E-state index contributed by atoms with van der Waals surface area (Å²) in [6.07, 6.45) is 1.80. The van der Waals surface area contributed by atoms with Crippen molar-refractivity contribution >= 4 is 29.0 Å². The summed E-state index contributed by atoms with van der Waals surface area (Å²) >= 11 is 0.959. The number of thioether (sulfide) groups is 1. The van der Waals surface area contributed by atoms with E-state index in [4.69, 9.17) is 14.2 Å². The second kappa shape index (κ2) is 11.8. The van der Waals surface area contributed by atoms with E-state index < -0.39 is 0 Å². The van der Waals surface area contributed by atoms with Gasteiger partial charge in [0.05, 0.1) is 18.6 Å². The van der Waals surface area contributed by atoms with Gasteiger partial charge < -0.3 is 18.8 Å². The average molecular weight is 555 g/mol. The van der Waals surface area contributed by atoms with Crippen LogP contribution in [0.2, 0.25) is 0 Å². The summed E-state index contributed by atoms with van der Waals surface area (Å²) in [5, 5.41) is -0.287. The molecule has 0 bridgehead atoms. The Morgan fingerprint density at radius 2 is 1.40 bits per heavy atom. The number of ether oxygens (including phenoxy) is 3. The Balaban J connectivity index is 1.26. The van der Waals surface area contributed by atoms with Crippen molar-refractivity contribution in [3.63, 3.8) is 0 Å². The number of carbonyl (C=O) groups is 2. The highest BCUT2D eigenvalue weighted by Crippen LogP contribution is 2.34. The van der Waals surface area contributed by atoms with Crippen LogP contribution in [0.1, 0.15) is 22.5 Å². The molecular formula is C32H30N2O5S. The standard InChI is InChI=1S/C32H30N2O5S/c1-21-5-9-27(10-6-21)38-18-17-33-31(35)30(40-32(33)36)20-24-19-22(2)34(23(24)3)25-7-11-28(12-8-25)39-29-15-13-26(37-4)14-16-29/h5-16,19-20H,17-18H2,1-4H3/b30-20-. The monoisotopic (exact) mass is 554 g/mol. The molecule has 4 aromatic rings. The minimum Gasteiger partial charge on any atom is -0.497 e. The van der Waals surface area contributed by atoms with Gasteiger partial charge in [0.15, 0.2) is 0 Å². The van der Waals surface area contributed by atoms with Gasteiger partial charge in [-0.3, -0.25) is 14.5 Å². The molecule has 8 heteroatoms. The number of benzene rings is 3. The highest BCUT2D eigenvalue weighted by molar-refractivity contribution is 8.18. The molecule has 7 nitrogen and oxygen atoms in total. The maximum Gasteiger partial charge on any atom is 0.293 e. The van der Waals surface area contributed by atoms with E-state index in [0.717, 1.165) is 57.2 Å². The van der Waals surface area contributed by atoms with E-state index in [0.29, 0.717) is 10.7 Å². The zero-order chi connectivity index (χ0) is 28.2. The smallest absolute Gasteiger partial charge is 0.293 e. The van der Waals surface area contributed by atoms with E-state index >= 15 is 0 Å². The molecule has 0 aliphatic carbocycles. The molecule has 2 heterocycles. The van der Waals surface area contributed by atoms with Crippen LogP contribution in [0.3, 0.4) is 0 Å². The fraction of sp³-hybridized carbons (Fsp3) is 0.188. The van der Waals surface area contributed by atoms with Crippen molar-refractivity contribution in [1.82, 2.24) is 9.47 Å². The van der Waals surface area contributed by atoms with Crippen LogP contribution in [0.5, 0.6) is 23.0 Å². The lowest BCUT2D eigenvalue weighted by atomic mass is 10.2. The van der Waals surface area contributed by atoms with Crippen LogP contribution in [0, 0.1) is 20.8 Å². The largest absolute Gasteiger partial charge is 0.497 e. The fourth-order valence-electron chi connectivity index (χ4n) is 4.50. The van der Waals surface area contributed by atoms with E-state index in [-0.39, 0.29) is 24.3 Å². The first-order valence-electron chi connectivity index (χ1n) is 12.9. The van der Waals surface area contributed by atoms with Crippen molar-refractivity contribution in [2.24, 2.45) is 0 Å². The van der Waals surface area contributed by atoms with Gasteiger partial charge in [0.1, 0.15) is 29.6 Å². The number of carbonyl (C=O) groups excluding carboxylic acids is 2. The van der Waals surface area contributed by atoms with E-state index in [1.165, 1.54) is 4.90 Å². The third kappa shape index (κ3) is 5.92. The SMILES string of the molecule is COc1ccc(Oc2ccc(-n3c(C)cc(/C=C4\SC(=O)N(CCOc5ccc(C)cc5)C4=O)c3C)cc2)cc1. The number of hydrogen-bond acceptors (Lipinski definition) is 6. The quantitative estimate of drug-likeness (QED) is 0.202. The second-order valence-corrected chi connectivity index (χ2v) is 10.4. The molecule has 0 N–H and O–H groups in total. The summed E-state index contributed by atoms with van der Waals surface area (Å²) < 4.78 is 19.0. The Bertz CT molecular complexity index is 1550. The Labute approximate surface area is 238 Å². The van der Waals surface area contributed by atoms with E-state index in [2.05, 4.69) is 4.57 Å². The topological polar surface area (TPSA) is 70.0 Å². The molecule has 40 heavy (non-hydrogen) atoms. The van der Waals surface area contributed by atoms with E-state index in [1.54, 1.807) is 13.2 Å². The lowest BCUT2D eigenvalue weighted by Crippen LogP contribution is -2.32. The lowest BCUT2D eigenvalue weighted by Gasteiger charge is -2.13. The number of imide groups is 1. The van der Waals surface area contributed by atoms with Crippen molar-refractivity contribution < 1.29 is 23.8 Å². The van der Waals surface area contributed by atoms with Gasteiger partial charge >= 0.3 is 0 Å². The molecular weight excluding hydrogens is 524 g/mol. The van der Waals surface area contributed by atoms with Crippen molar-refractivity contribution in [3.05, 3.63) is 106 Å². The summed E-state index contributed by atoms with van der Waals surface area (Å²) in [5.41, 5.74) is 4.98. The normalized spacial score (nSPS) is 14.2. The maximum absolute atomic E-state index is 13.0. The molecule has 204 valence electrons. The maximum atomic E-state index is 13.0. The van der Waals surface area contributed by atoms with Crippen LogP contribution in [-0.2, 0) is 4.79 Å². The van der Waals surface area contributed by atoms with Crippen molar-refractivity contribution in [1.29, 1.82) is 0 Å². The second-order valence-electron chi connectivity index (χ2n) is 9.43. The highest BCUT2D eigenvalue weighted by Gasteiger charge is 2.35. The fourth-order valence-corrected chi connectivity index (χ4v) is 5.35. The van der Waals surface area contributed by atoms with E-state index in [1.807, 2.05) is 99.6 Å². The van der Waals surface area contributed by atoms with Crippen LogP contribution >= 0.6 is 11.8 Å². The van der Waals surface area contributed by atoms with Crippen LogP contribution < -0.4 is 14.2 Å². The summed E-state index contributed by atoms with van der Waals surface area (Å²) in [5.74, 6) is 2.62. The summed E-state index contributed by atoms with van der Waals surface area (Å²) in [7, 11) is 1.63.